The van der Waals surface area contributed by atoms with Gasteiger partial charge in [0.2, 0.25) is 5.91 Å². The van der Waals surface area contributed by atoms with Crippen LogP contribution in [-0.2, 0) is 4.79 Å². The number of likely N-dealkylation sites (tertiary alicyclic amines) is 1. The van der Waals surface area contributed by atoms with Crippen molar-refractivity contribution in [2.45, 2.75) is 65.6 Å². The number of halogens is 2. The van der Waals surface area contributed by atoms with Crippen molar-refractivity contribution in [3.05, 3.63) is 46.7 Å². The summed E-state index contributed by atoms with van der Waals surface area (Å²) >= 11 is 0. The van der Waals surface area contributed by atoms with Crippen LogP contribution < -0.4 is 10.6 Å². The van der Waals surface area contributed by atoms with Crippen molar-refractivity contribution < 1.29 is 23.5 Å². The monoisotopic (exact) mass is 519 g/mol. The van der Waals surface area contributed by atoms with E-state index >= 15 is 0 Å². The van der Waals surface area contributed by atoms with Crippen LogP contribution in [0.2, 0.25) is 0 Å². The first kappa shape index (κ1) is 28.7. The average molecular weight is 520 g/mol. The second-order valence-corrected chi connectivity index (χ2v) is 11.1. The van der Waals surface area contributed by atoms with E-state index in [1.807, 2.05) is 20.8 Å². The summed E-state index contributed by atoms with van der Waals surface area (Å²) in [4.78, 5) is 34.6. The molecule has 0 unspecified atom stereocenters. The standard InChI is InChI=1S/C27H39F2N5O3/c1-16(2)33-12-10-22(19(15-33)23(30-6)17-7-8-20(28)21(29)13-17)31-26(37)32-24(27(3,4)5)25(36)34-11-9-18(35)14-34/h7-8,13,16,18,24,35H,9-12,14-15H2,1-6H3,(H2,31,32,37)/b30-23-/t18-,24+/m0/s1. The Kier molecular flexibility index (Phi) is 9.07. The molecule has 204 valence electrons. The van der Waals surface area contributed by atoms with Gasteiger partial charge in [0.25, 0.3) is 0 Å². The zero-order valence-corrected chi connectivity index (χ0v) is 22.6. The molecule has 0 saturated carbocycles. The van der Waals surface area contributed by atoms with Crippen molar-refractivity contribution in [3.8, 4) is 0 Å². The number of aliphatic hydroxyl groups is 1. The number of nitrogens with zero attached hydrogens (tertiary/aromatic N) is 3. The number of nitrogens with one attached hydrogen (secondary N) is 2. The number of urea groups is 1. The average Bonchev–Trinajstić information content (AvgIpc) is 3.26. The maximum atomic E-state index is 14.1. The molecule has 3 rings (SSSR count). The van der Waals surface area contributed by atoms with E-state index < -0.39 is 35.2 Å². The number of hydrogen-bond acceptors (Lipinski definition) is 5. The molecular weight excluding hydrogens is 480 g/mol. The lowest BCUT2D eigenvalue weighted by molar-refractivity contribution is -0.135. The lowest BCUT2D eigenvalue weighted by Crippen LogP contribution is -2.56. The Hall–Kier alpha value is -2.85. The highest BCUT2D eigenvalue weighted by molar-refractivity contribution is 6.13. The van der Waals surface area contributed by atoms with E-state index in [0.29, 0.717) is 55.0 Å². The smallest absolute Gasteiger partial charge is 0.319 e. The topological polar surface area (TPSA) is 97.3 Å². The molecule has 10 heteroatoms. The number of aliphatic hydroxyl groups excluding tert-OH is 1. The number of carbonyl (C=O) groups is 2. The zero-order valence-electron chi connectivity index (χ0n) is 22.6. The predicted molar refractivity (Wildman–Crippen MR) is 139 cm³/mol. The Morgan fingerprint density at radius 3 is 2.41 bits per heavy atom. The fourth-order valence-electron chi connectivity index (χ4n) is 4.74. The summed E-state index contributed by atoms with van der Waals surface area (Å²) < 4.78 is 27.6. The molecule has 1 fully saturated rings. The summed E-state index contributed by atoms with van der Waals surface area (Å²) in [5, 5.41) is 15.6. The highest BCUT2D eigenvalue weighted by atomic mass is 19.2. The molecule has 1 aromatic carbocycles. The van der Waals surface area contributed by atoms with E-state index in [1.165, 1.54) is 6.07 Å². The van der Waals surface area contributed by atoms with Crippen LogP contribution in [0.1, 0.15) is 53.0 Å². The number of aliphatic imine (C=N–C) groups is 1. The number of benzene rings is 1. The van der Waals surface area contributed by atoms with Crippen molar-refractivity contribution in [3.63, 3.8) is 0 Å². The van der Waals surface area contributed by atoms with Crippen LogP contribution in [0.3, 0.4) is 0 Å². The van der Waals surface area contributed by atoms with Gasteiger partial charge in [0.1, 0.15) is 6.04 Å². The Morgan fingerprint density at radius 2 is 1.86 bits per heavy atom. The van der Waals surface area contributed by atoms with Crippen LogP contribution >= 0.6 is 0 Å². The maximum absolute atomic E-state index is 14.1. The minimum Gasteiger partial charge on any atom is -0.391 e. The zero-order chi connectivity index (χ0) is 27.5. The van der Waals surface area contributed by atoms with Gasteiger partial charge in [-0.1, -0.05) is 20.8 Å². The van der Waals surface area contributed by atoms with Gasteiger partial charge < -0.3 is 20.6 Å². The summed E-state index contributed by atoms with van der Waals surface area (Å²) in [6.07, 6.45) is 0.469. The first-order valence-electron chi connectivity index (χ1n) is 12.7. The molecule has 0 spiro atoms. The van der Waals surface area contributed by atoms with Gasteiger partial charge >= 0.3 is 6.03 Å². The lowest BCUT2D eigenvalue weighted by atomic mass is 9.86. The van der Waals surface area contributed by atoms with Crippen molar-refractivity contribution in [1.29, 1.82) is 0 Å². The van der Waals surface area contributed by atoms with E-state index in [1.54, 1.807) is 11.9 Å². The number of hydrogen-bond donors (Lipinski definition) is 3. The summed E-state index contributed by atoms with van der Waals surface area (Å²) in [7, 11) is 1.58. The molecule has 2 aliphatic heterocycles. The van der Waals surface area contributed by atoms with E-state index in [2.05, 4.69) is 34.4 Å². The van der Waals surface area contributed by atoms with Gasteiger partial charge in [-0.25, -0.2) is 13.6 Å². The van der Waals surface area contributed by atoms with Crippen LogP contribution in [0.15, 0.2) is 34.5 Å². The van der Waals surface area contributed by atoms with Gasteiger partial charge in [0.15, 0.2) is 11.6 Å². The summed E-state index contributed by atoms with van der Waals surface area (Å²) in [5.41, 5.74) is 1.65. The third kappa shape index (κ3) is 6.93. The molecule has 0 aromatic heterocycles. The number of rotatable bonds is 6. The largest absolute Gasteiger partial charge is 0.391 e. The normalized spacial score (nSPS) is 20.4. The molecule has 2 aliphatic rings. The van der Waals surface area contributed by atoms with E-state index in [9.17, 15) is 23.5 Å². The van der Waals surface area contributed by atoms with Crippen LogP contribution in [0.4, 0.5) is 13.6 Å². The second-order valence-electron chi connectivity index (χ2n) is 11.1. The minimum absolute atomic E-state index is 0.229. The molecule has 8 nitrogen and oxygen atoms in total. The molecule has 0 radical (unpaired) electrons. The van der Waals surface area contributed by atoms with Gasteiger partial charge in [-0.05, 0) is 43.9 Å². The van der Waals surface area contributed by atoms with Crippen molar-refractivity contribution in [2.24, 2.45) is 10.4 Å². The van der Waals surface area contributed by atoms with Crippen LogP contribution in [-0.4, -0.2) is 84.0 Å². The molecule has 3 N–H and O–H groups in total. The molecular formula is C27H39F2N5O3. The Balaban J connectivity index is 1.89. The first-order chi connectivity index (χ1) is 17.3. The van der Waals surface area contributed by atoms with Crippen molar-refractivity contribution >= 4 is 17.6 Å². The highest BCUT2D eigenvalue weighted by Gasteiger charge is 2.38. The van der Waals surface area contributed by atoms with Crippen molar-refractivity contribution in [1.82, 2.24) is 20.4 Å². The third-order valence-electron chi connectivity index (χ3n) is 6.94. The summed E-state index contributed by atoms with van der Waals surface area (Å²) in [6, 6.07) is 2.54. The molecule has 3 amide bonds. The van der Waals surface area contributed by atoms with E-state index in [4.69, 9.17) is 0 Å². The van der Waals surface area contributed by atoms with Gasteiger partial charge in [-0.3, -0.25) is 14.7 Å². The molecule has 37 heavy (non-hydrogen) atoms. The Labute approximate surface area is 217 Å². The Bertz CT molecular complexity index is 1080. The van der Waals surface area contributed by atoms with Gasteiger partial charge in [0, 0.05) is 62.5 Å². The molecule has 1 saturated heterocycles. The van der Waals surface area contributed by atoms with Gasteiger partial charge in [-0.2, -0.15) is 0 Å². The van der Waals surface area contributed by atoms with Crippen LogP contribution in [0.25, 0.3) is 0 Å². The quantitative estimate of drug-likeness (QED) is 0.504. The molecule has 0 bridgehead atoms. The number of β-amino-alcohol motifs (C(OH)–C–C–N with tert-alkyl or cyclic N) is 1. The minimum atomic E-state index is -0.971. The number of amides is 3. The first-order valence-corrected chi connectivity index (χ1v) is 12.7. The fourth-order valence-corrected chi connectivity index (χ4v) is 4.74. The molecule has 0 aliphatic carbocycles. The Morgan fingerprint density at radius 1 is 1.16 bits per heavy atom. The summed E-state index contributed by atoms with van der Waals surface area (Å²) in [6.45, 7) is 11.6. The number of carbonyl (C=O) groups excluding carboxylic acids is 2. The van der Waals surface area contributed by atoms with Gasteiger partial charge in [0.05, 0.1) is 11.8 Å². The van der Waals surface area contributed by atoms with Crippen LogP contribution in [0.5, 0.6) is 0 Å². The second kappa shape index (κ2) is 11.7. The molecule has 1 aromatic rings. The van der Waals surface area contributed by atoms with Crippen LogP contribution in [0, 0.1) is 17.0 Å². The van der Waals surface area contributed by atoms with Crippen molar-refractivity contribution in [2.75, 3.05) is 33.2 Å². The highest BCUT2D eigenvalue weighted by Crippen LogP contribution is 2.25. The fraction of sp³-hybridized carbons (Fsp3) is 0.593. The molecule has 2 heterocycles. The predicted octanol–water partition coefficient (Wildman–Crippen LogP) is 3.06. The summed E-state index contributed by atoms with van der Waals surface area (Å²) in [5.74, 6) is -2.15. The van der Waals surface area contributed by atoms with E-state index in [-0.39, 0.29) is 18.5 Å². The van der Waals surface area contributed by atoms with Gasteiger partial charge in [-0.15, -0.1) is 0 Å². The molecule has 2 atom stereocenters. The lowest BCUT2D eigenvalue weighted by Gasteiger charge is -2.35. The SMILES string of the molecule is C/N=C(\C1=C(NC(=O)N[C@H](C(=O)N2CC[C@H](O)C2)C(C)(C)C)CCN(C(C)C)C1)c1ccc(F)c(F)c1. The third-order valence-corrected chi connectivity index (χ3v) is 6.94. The van der Waals surface area contributed by atoms with E-state index in [0.717, 1.165) is 12.1 Å². The maximum Gasteiger partial charge on any atom is 0.319 e.